The molecular formula is C23H24N2O4. The highest BCUT2D eigenvalue weighted by Crippen LogP contribution is 2.28. The van der Waals surface area contributed by atoms with E-state index in [1.807, 2.05) is 61.5 Å². The Kier molecular flexibility index (Phi) is 6.81. The van der Waals surface area contributed by atoms with Crippen molar-refractivity contribution in [1.82, 2.24) is 9.78 Å². The predicted octanol–water partition coefficient (Wildman–Crippen LogP) is 3.39. The van der Waals surface area contributed by atoms with Crippen molar-refractivity contribution in [3.8, 4) is 22.8 Å². The van der Waals surface area contributed by atoms with Crippen LogP contribution >= 0.6 is 0 Å². The quantitative estimate of drug-likeness (QED) is 0.636. The summed E-state index contributed by atoms with van der Waals surface area (Å²) in [6, 6.07) is 18.2. The van der Waals surface area contributed by atoms with E-state index in [9.17, 15) is 9.90 Å². The van der Waals surface area contributed by atoms with Gasteiger partial charge in [-0.1, -0.05) is 48.6 Å². The molecule has 0 spiro atoms. The van der Waals surface area contributed by atoms with Crippen LogP contribution in [0.5, 0.6) is 11.5 Å². The molecule has 6 heteroatoms. The minimum absolute atomic E-state index is 0.00298. The van der Waals surface area contributed by atoms with E-state index in [0.717, 1.165) is 11.1 Å². The Bertz CT molecular complexity index is 1030. The highest BCUT2D eigenvalue weighted by molar-refractivity contribution is 5.58. The van der Waals surface area contributed by atoms with Crippen molar-refractivity contribution in [2.75, 3.05) is 13.7 Å². The molecule has 6 nitrogen and oxygen atoms in total. The Hall–Kier alpha value is -3.38. The zero-order chi connectivity index (χ0) is 20.6. The van der Waals surface area contributed by atoms with Gasteiger partial charge in [0.15, 0.2) is 11.5 Å². The van der Waals surface area contributed by atoms with Gasteiger partial charge in [0, 0.05) is 11.6 Å². The van der Waals surface area contributed by atoms with Gasteiger partial charge in [0.05, 0.1) is 19.3 Å². The summed E-state index contributed by atoms with van der Waals surface area (Å²) in [5.41, 5.74) is 2.28. The molecule has 1 N–H and O–H groups in total. The molecule has 0 unspecified atom stereocenters. The fraction of sp³-hybridized carbons (Fsp3) is 0.217. The van der Waals surface area contributed by atoms with Crippen molar-refractivity contribution in [2.24, 2.45) is 0 Å². The van der Waals surface area contributed by atoms with Gasteiger partial charge in [-0.2, -0.15) is 5.10 Å². The molecule has 2 aromatic carbocycles. The summed E-state index contributed by atoms with van der Waals surface area (Å²) < 4.78 is 12.3. The zero-order valence-electron chi connectivity index (χ0n) is 16.5. The number of nitrogens with zero attached hydrogens (tertiary/aromatic N) is 2. The van der Waals surface area contributed by atoms with Gasteiger partial charge in [0.2, 0.25) is 0 Å². The zero-order valence-corrected chi connectivity index (χ0v) is 16.5. The van der Waals surface area contributed by atoms with Crippen LogP contribution in [0.2, 0.25) is 0 Å². The van der Waals surface area contributed by atoms with Gasteiger partial charge in [-0.05, 0) is 30.7 Å². The number of methoxy groups -OCH3 is 1. The minimum atomic E-state index is -0.911. The van der Waals surface area contributed by atoms with E-state index in [4.69, 9.17) is 9.47 Å². The summed E-state index contributed by atoms with van der Waals surface area (Å²) in [5.74, 6) is 1.10. The van der Waals surface area contributed by atoms with Crippen molar-refractivity contribution in [3.05, 3.63) is 82.7 Å². The van der Waals surface area contributed by atoms with Gasteiger partial charge in [-0.25, -0.2) is 4.68 Å². The fourth-order valence-electron chi connectivity index (χ4n) is 2.88. The second-order valence-electron chi connectivity index (χ2n) is 6.48. The molecule has 0 amide bonds. The minimum Gasteiger partial charge on any atom is -0.493 e. The lowest BCUT2D eigenvalue weighted by Gasteiger charge is -2.16. The predicted molar refractivity (Wildman–Crippen MR) is 113 cm³/mol. The van der Waals surface area contributed by atoms with E-state index in [0.29, 0.717) is 17.2 Å². The summed E-state index contributed by atoms with van der Waals surface area (Å²) in [6.45, 7) is 1.97. The van der Waals surface area contributed by atoms with Crippen LogP contribution in [0.15, 0.2) is 71.5 Å². The lowest BCUT2D eigenvalue weighted by atomic mass is 10.1. The van der Waals surface area contributed by atoms with E-state index in [1.165, 1.54) is 10.7 Å². The number of aliphatic hydroxyl groups is 1. The van der Waals surface area contributed by atoms with Gasteiger partial charge in [-0.3, -0.25) is 4.79 Å². The number of allylic oxidation sites excluding steroid dienone is 1. The van der Waals surface area contributed by atoms with Crippen LogP contribution in [-0.2, 0) is 6.54 Å². The molecule has 29 heavy (non-hydrogen) atoms. The second kappa shape index (κ2) is 9.71. The average Bonchev–Trinajstić information content (AvgIpc) is 2.75. The van der Waals surface area contributed by atoms with E-state index in [1.54, 1.807) is 19.2 Å². The molecule has 0 radical (unpaired) electrons. The first-order chi connectivity index (χ1) is 14.1. The van der Waals surface area contributed by atoms with E-state index >= 15 is 0 Å². The molecule has 0 saturated carbocycles. The Morgan fingerprint density at radius 1 is 1.10 bits per heavy atom. The van der Waals surface area contributed by atoms with Crippen LogP contribution in [0, 0.1) is 0 Å². The molecule has 0 fully saturated rings. The number of benzene rings is 2. The lowest BCUT2D eigenvalue weighted by Crippen LogP contribution is -2.31. The maximum Gasteiger partial charge on any atom is 0.266 e. The van der Waals surface area contributed by atoms with Gasteiger partial charge in [0.25, 0.3) is 5.56 Å². The molecule has 0 saturated heterocycles. The normalized spacial score (nSPS) is 12.1. The molecule has 3 rings (SSSR count). The summed E-state index contributed by atoms with van der Waals surface area (Å²) in [5, 5.41) is 14.7. The smallest absolute Gasteiger partial charge is 0.266 e. The number of aliphatic hydroxyl groups excluding tert-OH is 1. The highest BCUT2D eigenvalue weighted by Gasteiger charge is 2.12. The topological polar surface area (TPSA) is 73.6 Å². The van der Waals surface area contributed by atoms with Gasteiger partial charge >= 0.3 is 0 Å². The molecule has 1 heterocycles. The van der Waals surface area contributed by atoms with Crippen LogP contribution in [0.1, 0.15) is 12.5 Å². The third kappa shape index (κ3) is 5.33. The van der Waals surface area contributed by atoms with Crippen molar-refractivity contribution < 1.29 is 14.6 Å². The molecular weight excluding hydrogens is 368 g/mol. The van der Waals surface area contributed by atoms with E-state index < -0.39 is 6.10 Å². The lowest BCUT2D eigenvalue weighted by molar-refractivity contribution is 0.0866. The van der Waals surface area contributed by atoms with Crippen molar-refractivity contribution in [1.29, 1.82) is 0 Å². The fourth-order valence-corrected chi connectivity index (χ4v) is 2.88. The van der Waals surface area contributed by atoms with E-state index in [-0.39, 0.29) is 18.7 Å². The standard InChI is InChI=1S/C23H24N2O4/c1-3-7-17-10-12-21(22(14-17)28-2)29-16-19(26)15-25-23(27)13-11-20(24-25)18-8-5-4-6-9-18/h3-14,19,26H,15-16H2,1-2H3/b7-3+/t19-/m1/s1. The molecule has 1 atom stereocenters. The molecule has 1 aromatic heterocycles. The number of aromatic nitrogens is 2. The Morgan fingerprint density at radius 2 is 1.90 bits per heavy atom. The van der Waals surface area contributed by atoms with Crippen LogP contribution < -0.4 is 15.0 Å². The average molecular weight is 392 g/mol. The molecule has 3 aromatic rings. The second-order valence-corrected chi connectivity index (χ2v) is 6.48. The van der Waals surface area contributed by atoms with Crippen LogP contribution in [0.25, 0.3) is 17.3 Å². The maximum atomic E-state index is 12.1. The number of hydrogen-bond donors (Lipinski definition) is 1. The SMILES string of the molecule is C/C=C/c1ccc(OC[C@H](O)Cn2nc(-c3ccccc3)ccc2=O)c(OC)c1. The monoisotopic (exact) mass is 392 g/mol. The van der Waals surface area contributed by atoms with Gasteiger partial charge < -0.3 is 14.6 Å². The Labute approximate surface area is 169 Å². The van der Waals surface area contributed by atoms with Crippen molar-refractivity contribution in [2.45, 2.75) is 19.6 Å². The third-order valence-corrected chi connectivity index (χ3v) is 4.30. The number of hydrogen-bond acceptors (Lipinski definition) is 5. The summed E-state index contributed by atoms with van der Waals surface area (Å²) >= 11 is 0. The molecule has 0 bridgehead atoms. The first-order valence-electron chi connectivity index (χ1n) is 9.36. The molecule has 150 valence electrons. The first kappa shape index (κ1) is 20.4. The van der Waals surface area contributed by atoms with Crippen molar-refractivity contribution >= 4 is 6.08 Å². The van der Waals surface area contributed by atoms with Crippen LogP contribution in [0.3, 0.4) is 0 Å². The Balaban J connectivity index is 1.68. The summed E-state index contributed by atoms with van der Waals surface area (Å²) in [4.78, 5) is 12.1. The van der Waals surface area contributed by atoms with Crippen molar-refractivity contribution in [3.63, 3.8) is 0 Å². The highest BCUT2D eigenvalue weighted by atomic mass is 16.5. The van der Waals surface area contributed by atoms with E-state index in [2.05, 4.69) is 5.10 Å². The van der Waals surface area contributed by atoms with Gasteiger partial charge in [0.1, 0.15) is 12.7 Å². The van der Waals surface area contributed by atoms with Gasteiger partial charge in [-0.15, -0.1) is 0 Å². The molecule has 0 aliphatic rings. The van der Waals surface area contributed by atoms with Crippen LogP contribution in [0.4, 0.5) is 0 Å². The maximum absolute atomic E-state index is 12.1. The largest absolute Gasteiger partial charge is 0.493 e. The van der Waals surface area contributed by atoms with Crippen LogP contribution in [-0.4, -0.2) is 34.7 Å². The summed E-state index contributed by atoms with van der Waals surface area (Å²) in [6.07, 6.45) is 2.98. The first-order valence-corrected chi connectivity index (χ1v) is 9.36. The number of ether oxygens (including phenoxy) is 2. The summed E-state index contributed by atoms with van der Waals surface area (Å²) in [7, 11) is 1.57. The number of rotatable bonds is 8. The Morgan fingerprint density at radius 3 is 2.62 bits per heavy atom. The molecule has 0 aliphatic heterocycles. The molecule has 0 aliphatic carbocycles. The third-order valence-electron chi connectivity index (χ3n) is 4.30.